The van der Waals surface area contributed by atoms with Gasteiger partial charge in [-0.15, -0.1) is 0 Å². The minimum atomic E-state index is -0.531. The van der Waals surface area contributed by atoms with Crippen LogP contribution in [-0.4, -0.2) is 47.5 Å². The third-order valence-electron chi connectivity index (χ3n) is 5.62. The number of aryl methyl sites for hydroxylation is 1. The Kier molecular flexibility index (Phi) is 7.63. The number of likely N-dealkylation sites (tertiary alicyclic amines) is 1. The van der Waals surface area contributed by atoms with E-state index in [0.717, 1.165) is 32.5 Å². The average Bonchev–Trinajstić information content (AvgIpc) is 3.19. The van der Waals surface area contributed by atoms with Crippen LogP contribution >= 0.6 is 0 Å². The molecule has 1 aliphatic heterocycles. The summed E-state index contributed by atoms with van der Waals surface area (Å²) < 4.78 is 1.78. The van der Waals surface area contributed by atoms with Gasteiger partial charge >= 0.3 is 0 Å². The van der Waals surface area contributed by atoms with Gasteiger partial charge in [-0.1, -0.05) is 44.2 Å². The molecule has 0 aliphatic carbocycles. The fourth-order valence-electron chi connectivity index (χ4n) is 3.82. The molecule has 1 atom stereocenters. The zero-order valence-electron chi connectivity index (χ0n) is 18.6. The van der Waals surface area contributed by atoms with Crippen molar-refractivity contribution in [1.82, 2.24) is 20.1 Å². The second kappa shape index (κ2) is 10.4. The predicted octanol–water partition coefficient (Wildman–Crippen LogP) is 2.26. The molecule has 31 heavy (non-hydrogen) atoms. The maximum atomic E-state index is 13.0. The number of hydrogen-bond acceptors (Lipinski definition) is 4. The van der Waals surface area contributed by atoms with Crippen LogP contribution < -0.4 is 16.1 Å². The number of aromatic nitrogens is 1. The number of nitrogens with zero attached hydrogens (tertiary/aromatic N) is 2. The highest BCUT2D eigenvalue weighted by molar-refractivity contribution is 5.99. The van der Waals surface area contributed by atoms with Crippen molar-refractivity contribution in [3.05, 3.63) is 69.6 Å². The van der Waals surface area contributed by atoms with Gasteiger partial charge < -0.3 is 15.2 Å². The Balaban J connectivity index is 1.72. The third-order valence-corrected chi connectivity index (χ3v) is 5.62. The number of hydrogen-bond donors (Lipinski definition) is 2. The summed E-state index contributed by atoms with van der Waals surface area (Å²) in [7, 11) is 1.48. The van der Waals surface area contributed by atoms with E-state index in [0.29, 0.717) is 12.5 Å². The second-order valence-corrected chi connectivity index (χ2v) is 8.59. The van der Waals surface area contributed by atoms with Crippen LogP contribution in [0.25, 0.3) is 0 Å². The zero-order chi connectivity index (χ0) is 22.4. The van der Waals surface area contributed by atoms with Crippen molar-refractivity contribution in [3.63, 3.8) is 0 Å². The van der Waals surface area contributed by atoms with Gasteiger partial charge in [0.2, 0.25) is 5.43 Å². The summed E-state index contributed by atoms with van der Waals surface area (Å²) in [6.45, 7) is 7.31. The van der Waals surface area contributed by atoms with Crippen molar-refractivity contribution < 1.29 is 9.59 Å². The van der Waals surface area contributed by atoms with Crippen molar-refractivity contribution >= 4 is 11.8 Å². The van der Waals surface area contributed by atoms with Gasteiger partial charge in [-0.05, 0) is 24.3 Å². The lowest BCUT2D eigenvalue weighted by Crippen LogP contribution is -2.40. The summed E-state index contributed by atoms with van der Waals surface area (Å²) >= 11 is 0. The summed E-state index contributed by atoms with van der Waals surface area (Å²) in [4.78, 5) is 40.3. The molecule has 0 unspecified atom stereocenters. The molecule has 1 fully saturated rings. The van der Waals surface area contributed by atoms with Crippen molar-refractivity contribution in [2.45, 2.75) is 45.8 Å². The highest BCUT2D eigenvalue weighted by atomic mass is 16.2. The molecule has 2 amide bonds. The van der Waals surface area contributed by atoms with Gasteiger partial charge in [0, 0.05) is 51.7 Å². The third kappa shape index (κ3) is 6.04. The standard InChI is InChI=1S/C24H32N4O3/c1-17(2)9-11-28-15-20(23(30)25-3)22(29)21(16-28)24(31)26-19-10-12-27(14-19)13-18-7-5-4-6-8-18/h4-8,15-17,19H,9-14H2,1-3H3,(H,25,30)(H,26,31)/t19-/m1/s1. The van der Waals surface area contributed by atoms with E-state index in [1.807, 2.05) is 18.2 Å². The SMILES string of the molecule is CNC(=O)c1cn(CCC(C)C)cc(C(=O)N[C@@H]2CCN(Cc3ccccc3)C2)c1=O. The number of carbonyl (C=O) groups is 2. The Bertz CT molecular complexity index is 969. The highest BCUT2D eigenvalue weighted by Gasteiger charge is 2.26. The Labute approximate surface area is 183 Å². The first-order valence-electron chi connectivity index (χ1n) is 10.9. The molecular weight excluding hydrogens is 392 g/mol. The smallest absolute Gasteiger partial charge is 0.257 e. The fourth-order valence-corrected chi connectivity index (χ4v) is 3.82. The number of rotatable bonds is 8. The number of amides is 2. The molecule has 1 aliphatic rings. The first-order chi connectivity index (χ1) is 14.9. The maximum Gasteiger partial charge on any atom is 0.257 e. The van der Waals surface area contributed by atoms with Crippen LogP contribution in [-0.2, 0) is 13.1 Å². The molecule has 2 N–H and O–H groups in total. The van der Waals surface area contributed by atoms with Crippen LogP contribution in [0.4, 0.5) is 0 Å². The molecule has 2 aromatic rings. The minimum absolute atomic E-state index is 0.00367. The summed E-state index contributed by atoms with van der Waals surface area (Å²) in [5, 5.41) is 5.49. The minimum Gasteiger partial charge on any atom is -0.355 e. The summed E-state index contributed by atoms with van der Waals surface area (Å²) in [6.07, 6.45) is 4.82. The molecule has 0 saturated carbocycles. The molecule has 1 aromatic heterocycles. The van der Waals surface area contributed by atoms with E-state index in [-0.39, 0.29) is 17.2 Å². The Morgan fingerprint density at radius 3 is 2.42 bits per heavy atom. The van der Waals surface area contributed by atoms with Gasteiger partial charge in [0.05, 0.1) is 0 Å². The van der Waals surface area contributed by atoms with Crippen molar-refractivity contribution in [2.75, 3.05) is 20.1 Å². The molecule has 2 heterocycles. The Morgan fingerprint density at radius 2 is 1.77 bits per heavy atom. The normalized spacial score (nSPS) is 16.5. The van der Waals surface area contributed by atoms with E-state index in [1.165, 1.54) is 18.8 Å². The largest absolute Gasteiger partial charge is 0.355 e. The topological polar surface area (TPSA) is 83.4 Å². The molecule has 7 nitrogen and oxygen atoms in total. The van der Waals surface area contributed by atoms with Gasteiger partial charge in [0.25, 0.3) is 11.8 Å². The first kappa shape index (κ1) is 22.7. The molecule has 0 spiro atoms. The van der Waals surface area contributed by atoms with E-state index in [9.17, 15) is 14.4 Å². The van der Waals surface area contributed by atoms with Gasteiger partial charge in [-0.3, -0.25) is 19.3 Å². The lowest BCUT2D eigenvalue weighted by atomic mass is 10.1. The van der Waals surface area contributed by atoms with Gasteiger partial charge in [-0.25, -0.2) is 0 Å². The van der Waals surface area contributed by atoms with E-state index < -0.39 is 17.2 Å². The monoisotopic (exact) mass is 424 g/mol. The number of benzene rings is 1. The molecule has 166 valence electrons. The molecule has 7 heteroatoms. The average molecular weight is 425 g/mol. The fraction of sp³-hybridized carbons (Fsp3) is 0.458. The first-order valence-corrected chi connectivity index (χ1v) is 10.9. The highest BCUT2D eigenvalue weighted by Crippen LogP contribution is 2.14. The van der Waals surface area contributed by atoms with Crippen LogP contribution in [0, 0.1) is 5.92 Å². The number of nitrogens with one attached hydrogen (secondary N) is 2. The van der Waals surface area contributed by atoms with Gasteiger partial charge in [-0.2, -0.15) is 0 Å². The molecule has 1 aromatic carbocycles. The number of pyridine rings is 1. The zero-order valence-corrected chi connectivity index (χ0v) is 18.6. The molecular formula is C24H32N4O3. The van der Waals surface area contributed by atoms with E-state index in [2.05, 4.69) is 41.5 Å². The van der Waals surface area contributed by atoms with Crippen LogP contribution in [0.2, 0.25) is 0 Å². The molecule has 0 radical (unpaired) electrons. The van der Waals surface area contributed by atoms with Crippen LogP contribution in [0.5, 0.6) is 0 Å². The number of carbonyl (C=O) groups excluding carboxylic acids is 2. The van der Waals surface area contributed by atoms with E-state index in [1.54, 1.807) is 10.8 Å². The van der Waals surface area contributed by atoms with Gasteiger partial charge in [0.1, 0.15) is 11.1 Å². The van der Waals surface area contributed by atoms with Crippen molar-refractivity contribution in [2.24, 2.45) is 5.92 Å². The summed E-state index contributed by atoms with van der Waals surface area (Å²) in [5.41, 5.74) is 0.722. The van der Waals surface area contributed by atoms with Crippen LogP contribution in [0.1, 0.15) is 53.0 Å². The van der Waals surface area contributed by atoms with Crippen molar-refractivity contribution in [1.29, 1.82) is 0 Å². The lowest BCUT2D eigenvalue weighted by molar-refractivity contribution is 0.0935. The molecule has 3 rings (SSSR count). The molecule has 0 bridgehead atoms. The Morgan fingerprint density at radius 1 is 1.10 bits per heavy atom. The molecule has 1 saturated heterocycles. The predicted molar refractivity (Wildman–Crippen MR) is 121 cm³/mol. The van der Waals surface area contributed by atoms with Crippen LogP contribution in [0.15, 0.2) is 47.5 Å². The lowest BCUT2D eigenvalue weighted by Gasteiger charge is -2.17. The van der Waals surface area contributed by atoms with E-state index >= 15 is 0 Å². The van der Waals surface area contributed by atoms with Crippen molar-refractivity contribution in [3.8, 4) is 0 Å². The Hall–Kier alpha value is -2.93. The maximum absolute atomic E-state index is 13.0. The second-order valence-electron chi connectivity index (χ2n) is 8.59. The summed E-state index contributed by atoms with van der Waals surface area (Å²) in [6, 6.07) is 10.2. The quantitative estimate of drug-likeness (QED) is 0.681. The van der Waals surface area contributed by atoms with Crippen LogP contribution in [0.3, 0.4) is 0 Å². The summed E-state index contributed by atoms with van der Waals surface area (Å²) in [5.74, 6) is -0.428. The van der Waals surface area contributed by atoms with E-state index in [4.69, 9.17) is 0 Å². The van der Waals surface area contributed by atoms with Gasteiger partial charge in [0.15, 0.2) is 0 Å².